The van der Waals surface area contributed by atoms with Crippen LogP contribution in [-0.4, -0.2) is 24.2 Å². The second kappa shape index (κ2) is 7.01. The first-order valence-electron chi connectivity index (χ1n) is 5.78. The quantitative estimate of drug-likeness (QED) is 0.638. The number of anilines is 1. The van der Waals surface area contributed by atoms with Crippen LogP contribution in [-0.2, 0) is 4.79 Å². The van der Waals surface area contributed by atoms with E-state index in [4.69, 9.17) is 16.3 Å². The first-order chi connectivity index (χ1) is 8.62. The van der Waals surface area contributed by atoms with Crippen molar-refractivity contribution >= 4 is 29.0 Å². The normalized spacial score (nSPS) is 9.94. The van der Waals surface area contributed by atoms with Crippen LogP contribution in [0.15, 0.2) is 18.2 Å². The highest BCUT2D eigenvalue weighted by Gasteiger charge is 2.11. The van der Waals surface area contributed by atoms with Gasteiger partial charge in [0.1, 0.15) is 5.75 Å². The van der Waals surface area contributed by atoms with Crippen LogP contribution in [0.4, 0.5) is 5.69 Å². The Morgan fingerprint density at radius 2 is 2.06 bits per heavy atom. The van der Waals surface area contributed by atoms with Crippen molar-refractivity contribution in [3.63, 3.8) is 0 Å². The Morgan fingerprint density at radius 3 is 2.61 bits per heavy atom. The lowest BCUT2D eigenvalue weighted by Crippen LogP contribution is -2.11. The summed E-state index contributed by atoms with van der Waals surface area (Å²) in [5.41, 5.74) is 1.04. The van der Waals surface area contributed by atoms with Crippen LogP contribution < -0.4 is 10.1 Å². The van der Waals surface area contributed by atoms with Crippen molar-refractivity contribution in [2.24, 2.45) is 0 Å². The standard InChI is InChI=1S/C13H16ClNO3/c1-3-13(17)15-10-6-5-9(11(16)8-14)7-12(10)18-4-2/h5-7H,3-4,8H2,1-2H3,(H,15,17). The van der Waals surface area contributed by atoms with Gasteiger partial charge in [-0.25, -0.2) is 0 Å². The van der Waals surface area contributed by atoms with Crippen molar-refractivity contribution in [2.75, 3.05) is 17.8 Å². The molecule has 5 heteroatoms. The fourth-order valence-electron chi connectivity index (χ4n) is 1.39. The number of benzene rings is 1. The van der Waals surface area contributed by atoms with E-state index in [0.717, 1.165) is 0 Å². The molecule has 18 heavy (non-hydrogen) atoms. The van der Waals surface area contributed by atoms with Gasteiger partial charge in [0, 0.05) is 12.0 Å². The van der Waals surface area contributed by atoms with E-state index in [0.29, 0.717) is 30.0 Å². The monoisotopic (exact) mass is 269 g/mol. The summed E-state index contributed by atoms with van der Waals surface area (Å²) in [6.45, 7) is 4.05. The minimum atomic E-state index is -0.175. The van der Waals surface area contributed by atoms with E-state index in [1.807, 2.05) is 6.92 Å². The summed E-state index contributed by atoms with van der Waals surface area (Å²) < 4.78 is 5.41. The molecule has 0 spiro atoms. The molecule has 1 N–H and O–H groups in total. The number of carbonyl (C=O) groups is 2. The molecule has 0 fully saturated rings. The Kier molecular flexibility index (Phi) is 5.65. The van der Waals surface area contributed by atoms with Crippen molar-refractivity contribution < 1.29 is 14.3 Å². The van der Waals surface area contributed by atoms with E-state index >= 15 is 0 Å². The van der Waals surface area contributed by atoms with Crippen LogP contribution >= 0.6 is 11.6 Å². The maximum absolute atomic E-state index is 11.5. The van der Waals surface area contributed by atoms with Gasteiger partial charge in [-0.1, -0.05) is 6.92 Å². The Morgan fingerprint density at radius 1 is 1.33 bits per heavy atom. The highest BCUT2D eigenvalue weighted by atomic mass is 35.5. The molecule has 0 radical (unpaired) electrons. The predicted molar refractivity (Wildman–Crippen MR) is 71.6 cm³/mol. The molecular weight excluding hydrogens is 254 g/mol. The summed E-state index contributed by atoms with van der Waals surface area (Å²) in [6.07, 6.45) is 0.383. The number of hydrogen-bond acceptors (Lipinski definition) is 3. The number of alkyl halides is 1. The smallest absolute Gasteiger partial charge is 0.224 e. The zero-order valence-electron chi connectivity index (χ0n) is 10.5. The van der Waals surface area contributed by atoms with E-state index in [-0.39, 0.29) is 17.6 Å². The lowest BCUT2D eigenvalue weighted by atomic mass is 10.1. The second-order valence-electron chi connectivity index (χ2n) is 3.60. The minimum Gasteiger partial charge on any atom is -0.492 e. The van der Waals surface area contributed by atoms with Gasteiger partial charge in [0.15, 0.2) is 5.78 Å². The number of ketones is 1. The first-order valence-corrected chi connectivity index (χ1v) is 6.31. The van der Waals surface area contributed by atoms with Crippen LogP contribution in [0.25, 0.3) is 0 Å². The third-order valence-corrected chi connectivity index (χ3v) is 2.56. The van der Waals surface area contributed by atoms with E-state index in [9.17, 15) is 9.59 Å². The lowest BCUT2D eigenvalue weighted by molar-refractivity contribution is -0.115. The molecule has 0 saturated heterocycles. The van der Waals surface area contributed by atoms with Gasteiger partial charge in [0.05, 0.1) is 18.2 Å². The Bertz CT molecular complexity index is 446. The number of halogens is 1. The lowest BCUT2D eigenvalue weighted by Gasteiger charge is -2.12. The van der Waals surface area contributed by atoms with Crippen molar-refractivity contribution in [1.29, 1.82) is 0 Å². The molecular formula is C13H16ClNO3. The van der Waals surface area contributed by atoms with Crippen LogP contribution in [0.3, 0.4) is 0 Å². The van der Waals surface area contributed by atoms with Gasteiger partial charge in [-0.15, -0.1) is 11.6 Å². The van der Waals surface area contributed by atoms with Crippen molar-refractivity contribution in [2.45, 2.75) is 20.3 Å². The molecule has 0 aliphatic rings. The van der Waals surface area contributed by atoms with Gasteiger partial charge in [0.25, 0.3) is 0 Å². The maximum atomic E-state index is 11.5. The van der Waals surface area contributed by atoms with E-state index < -0.39 is 0 Å². The highest BCUT2D eigenvalue weighted by Crippen LogP contribution is 2.26. The summed E-state index contributed by atoms with van der Waals surface area (Å²) in [6, 6.07) is 4.87. The van der Waals surface area contributed by atoms with Gasteiger partial charge in [-0.05, 0) is 25.1 Å². The van der Waals surface area contributed by atoms with Gasteiger partial charge in [-0.2, -0.15) is 0 Å². The largest absolute Gasteiger partial charge is 0.492 e. The Hall–Kier alpha value is -1.55. The third kappa shape index (κ3) is 3.74. The van der Waals surface area contributed by atoms with Gasteiger partial charge in [0.2, 0.25) is 5.91 Å². The topological polar surface area (TPSA) is 55.4 Å². The summed E-state index contributed by atoms with van der Waals surface area (Å²) in [5.74, 6) is 0.125. The average molecular weight is 270 g/mol. The van der Waals surface area contributed by atoms with E-state index in [1.165, 1.54) is 0 Å². The highest BCUT2D eigenvalue weighted by molar-refractivity contribution is 6.30. The molecule has 1 aromatic carbocycles. The van der Waals surface area contributed by atoms with E-state index in [2.05, 4.69) is 5.32 Å². The molecule has 0 aromatic heterocycles. The number of Topliss-reactive ketones (excluding diaryl/α,β-unsaturated/α-hetero) is 1. The number of rotatable bonds is 6. The zero-order valence-corrected chi connectivity index (χ0v) is 11.2. The fraction of sp³-hybridized carbons (Fsp3) is 0.385. The van der Waals surface area contributed by atoms with E-state index in [1.54, 1.807) is 25.1 Å². The maximum Gasteiger partial charge on any atom is 0.224 e. The molecule has 0 atom stereocenters. The molecule has 98 valence electrons. The number of ether oxygens (including phenoxy) is 1. The van der Waals surface area contributed by atoms with Crippen LogP contribution in [0, 0.1) is 0 Å². The molecule has 1 amide bonds. The summed E-state index contributed by atoms with van der Waals surface area (Å²) in [5, 5.41) is 2.72. The molecule has 1 rings (SSSR count). The summed E-state index contributed by atoms with van der Waals surface area (Å²) >= 11 is 5.50. The molecule has 0 saturated carbocycles. The Balaban J connectivity index is 3.03. The summed E-state index contributed by atoms with van der Waals surface area (Å²) in [7, 11) is 0. The third-order valence-electron chi connectivity index (χ3n) is 2.32. The second-order valence-corrected chi connectivity index (χ2v) is 3.87. The van der Waals surface area contributed by atoms with Crippen molar-refractivity contribution in [3.8, 4) is 5.75 Å². The average Bonchev–Trinajstić information content (AvgIpc) is 2.39. The van der Waals surface area contributed by atoms with Crippen LogP contribution in [0.5, 0.6) is 5.75 Å². The molecule has 0 unspecified atom stereocenters. The summed E-state index contributed by atoms with van der Waals surface area (Å²) in [4.78, 5) is 22.8. The fourth-order valence-corrected chi connectivity index (χ4v) is 1.54. The SMILES string of the molecule is CCOc1cc(C(=O)CCl)ccc1NC(=O)CC. The Labute approximate surface area is 111 Å². The zero-order chi connectivity index (χ0) is 13.5. The van der Waals surface area contributed by atoms with Gasteiger partial charge >= 0.3 is 0 Å². The molecule has 1 aromatic rings. The number of nitrogens with one attached hydrogen (secondary N) is 1. The number of carbonyl (C=O) groups excluding carboxylic acids is 2. The minimum absolute atomic E-state index is 0.0772. The molecule has 4 nitrogen and oxygen atoms in total. The molecule has 0 aliphatic carbocycles. The molecule has 0 bridgehead atoms. The number of hydrogen-bond donors (Lipinski definition) is 1. The van der Waals surface area contributed by atoms with Crippen molar-refractivity contribution in [1.82, 2.24) is 0 Å². The first kappa shape index (κ1) is 14.5. The molecule has 0 heterocycles. The van der Waals surface area contributed by atoms with Gasteiger partial charge < -0.3 is 10.1 Å². The van der Waals surface area contributed by atoms with Crippen LogP contribution in [0.1, 0.15) is 30.6 Å². The van der Waals surface area contributed by atoms with Crippen LogP contribution in [0.2, 0.25) is 0 Å². The molecule has 0 aliphatic heterocycles. The van der Waals surface area contributed by atoms with Crippen molar-refractivity contribution in [3.05, 3.63) is 23.8 Å². The van der Waals surface area contributed by atoms with Gasteiger partial charge in [-0.3, -0.25) is 9.59 Å². The number of amides is 1. The predicted octanol–water partition coefficient (Wildman–Crippen LogP) is 2.86.